The monoisotopic (exact) mass is 462 g/mol. The summed E-state index contributed by atoms with van der Waals surface area (Å²) in [5.74, 6) is -1.06. The van der Waals surface area contributed by atoms with Crippen LogP contribution in [0.1, 0.15) is 39.6 Å². The number of amides is 2. The molecule has 0 aliphatic carbocycles. The molecule has 2 heterocycles. The highest BCUT2D eigenvalue weighted by molar-refractivity contribution is 7.20. The van der Waals surface area contributed by atoms with Gasteiger partial charge < -0.3 is 15.0 Å². The van der Waals surface area contributed by atoms with Crippen LogP contribution in [0.15, 0.2) is 60.7 Å². The molecule has 4 rings (SSSR count). The number of aryl methyl sites for hydroxylation is 1. The van der Waals surface area contributed by atoms with Crippen molar-refractivity contribution in [2.24, 2.45) is 5.92 Å². The molecule has 1 unspecified atom stereocenters. The smallest absolute Gasteiger partial charge is 0.341 e. The van der Waals surface area contributed by atoms with Crippen LogP contribution in [-0.4, -0.2) is 42.4 Å². The zero-order valence-electron chi connectivity index (χ0n) is 18.7. The van der Waals surface area contributed by atoms with Gasteiger partial charge in [-0.25, -0.2) is 4.79 Å². The van der Waals surface area contributed by atoms with Gasteiger partial charge in [0.2, 0.25) is 5.91 Å². The molecule has 33 heavy (non-hydrogen) atoms. The van der Waals surface area contributed by atoms with E-state index in [4.69, 9.17) is 4.74 Å². The van der Waals surface area contributed by atoms with Crippen molar-refractivity contribution in [2.75, 3.05) is 25.0 Å². The Morgan fingerprint density at radius 1 is 1.09 bits per heavy atom. The minimum Gasteiger partial charge on any atom is -0.462 e. The van der Waals surface area contributed by atoms with Crippen LogP contribution in [-0.2, 0) is 9.53 Å². The second-order valence-corrected chi connectivity index (χ2v) is 9.09. The fourth-order valence-corrected chi connectivity index (χ4v) is 4.98. The second kappa shape index (κ2) is 10.0. The minimum atomic E-state index is -0.464. The molecule has 1 saturated heterocycles. The molecule has 2 aromatic carbocycles. The summed E-state index contributed by atoms with van der Waals surface area (Å²) in [7, 11) is 0. The normalized spacial score (nSPS) is 15.3. The predicted molar refractivity (Wildman–Crippen MR) is 130 cm³/mol. The largest absolute Gasteiger partial charge is 0.462 e. The van der Waals surface area contributed by atoms with Gasteiger partial charge in [0, 0.05) is 23.5 Å². The molecule has 0 saturated carbocycles. The Balaban J connectivity index is 1.49. The van der Waals surface area contributed by atoms with E-state index < -0.39 is 5.97 Å². The zero-order valence-corrected chi connectivity index (χ0v) is 19.5. The molecular formula is C26H26N2O4S. The van der Waals surface area contributed by atoms with Crippen molar-refractivity contribution in [1.29, 1.82) is 0 Å². The number of thiophene rings is 1. The number of ether oxygens (including phenoxy) is 1. The fourth-order valence-electron chi connectivity index (χ4n) is 3.92. The first-order chi connectivity index (χ1) is 16.0. The van der Waals surface area contributed by atoms with Gasteiger partial charge in [-0.1, -0.05) is 48.0 Å². The Labute approximate surface area is 197 Å². The Bertz CT molecular complexity index is 1170. The first kappa shape index (κ1) is 22.7. The Kier molecular flexibility index (Phi) is 6.89. The van der Waals surface area contributed by atoms with E-state index in [1.807, 2.05) is 55.5 Å². The van der Waals surface area contributed by atoms with E-state index in [2.05, 4.69) is 5.32 Å². The SMILES string of the molecule is CCOC(=O)c1cc(-c2ccccc2)sc1NC(=O)C1CCN(C(=O)c2cccc(C)c2)C1. The highest BCUT2D eigenvalue weighted by Gasteiger charge is 2.32. The van der Waals surface area contributed by atoms with Gasteiger partial charge in [0.1, 0.15) is 5.00 Å². The molecule has 1 N–H and O–H groups in total. The maximum atomic E-state index is 13.1. The molecule has 0 bridgehead atoms. The van der Waals surface area contributed by atoms with Gasteiger partial charge in [-0.3, -0.25) is 9.59 Å². The first-order valence-corrected chi connectivity index (χ1v) is 11.8. The van der Waals surface area contributed by atoms with E-state index in [-0.39, 0.29) is 24.3 Å². The molecule has 1 fully saturated rings. The molecule has 6 nitrogen and oxygen atoms in total. The van der Waals surface area contributed by atoms with Gasteiger partial charge >= 0.3 is 5.97 Å². The van der Waals surface area contributed by atoms with Crippen molar-refractivity contribution in [3.8, 4) is 10.4 Å². The third-order valence-corrected chi connectivity index (χ3v) is 6.73. The number of likely N-dealkylation sites (tertiary alicyclic amines) is 1. The maximum absolute atomic E-state index is 13.1. The van der Waals surface area contributed by atoms with Crippen LogP contribution in [0.5, 0.6) is 0 Å². The Morgan fingerprint density at radius 2 is 1.88 bits per heavy atom. The molecule has 1 aliphatic heterocycles. The summed E-state index contributed by atoms with van der Waals surface area (Å²) >= 11 is 1.35. The van der Waals surface area contributed by atoms with Crippen molar-refractivity contribution in [3.63, 3.8) is 0 Å². The summed E-state index contributed by atoms with van der Waals surface area (Å²) < 4.78 is 5.20. The Hall–Kier alpha value is -3.45. The number of nitrogens with zero attached hydrogens (tertiary/aromatic N) is 1. The number of benzene rings is 2. The number of anilines is 1. The molecule has 7 heteroatoms. The number of esters is 1. The summed E-state index contributed by atoms with van der Waals surface area (Å²) in [5, 5.41) is 3.40. The van der Waals surface area contributed by atoms with Crippen LogP contribution < -0.4 is 5.32 Å². The van der Waals surface area contributed by atoms with E-state index in [0.29, 0.717) is 35.6 Å². The number of carbonyl (C=O) groups is 3. The van der Waals surface area contributed by atoms with Gasteiger partial charge in [-0.15, -0.1) is 11.3 Å². The van der Waals surface area contributed by atoms with Gasteiger partial charge in [-0.2, -0.15) is 0 Å². The quantitative estimate of drug-likeness (QED) is 0.523. The van der Waals surface area contributed by atoms with Crippen molar-refractivity contribution < 1.29 is 19.1 Å². The van der Waals surface area contributed by atoms with Crippen molar-refractivity contribution >= 4 is 34.1 Å². The van der Waals surface area contributed by atoms with E-state index in [1.165, 1.54) is 11.3 Å². The van der Waals surface area contributed by atoms with E-state index in [1.54, 1.807) is 24.0 Å². The number of nitrogens with one attached hydrogen (secondary N) is 1. The van der Waals surface area contributed by atoms with E-state index >= 15 is 0 Å². The molecule has 1 aliphatic rings. The van der Waals surface area contributed by atoms with Gasteiger partial charge in [-0.05, 0) is 44.0 Å². The molecule has 0 spiro atoms. The van der Waals surface area contributed by atoms with Crippen LogP contribution in [0, 0.1) is 12.8 Å². The third-order valence-electron chi connectivity index (χ3n) is 5.63. The van der Waals surface area contributed by atoms with Crippen LogP contribution in [0.3, 0.4) is 0 Å². The van der Waals surface area contributed by atoms with Crippen molar-refractivity contribution in [2.45, 2.75) is 20.3 Å². The average Bonchev–Trinajstić information content (AvgIpc) is 3.47. The van der Waals surface area contributed by atoms with E-state index in [0.717, 1.165) is 16.0 Å². The highest BCUT2D eigenvalue weighted by Crippen LogP contribution is 2.36. The predicted octanol–water partition coefficient (Wildman–Crippen LogP) is 5.00. The Morgan fingerprint density at radius 3 is 2.61 bits per heavy atom. The fraction of sp³-hybridized carbons (Fsp3) is 0.269. The molecule has 1 aromatic heterocycles. The summed E-state index contributed by atoms with van der Waals surface area (Å²) in [6, 6.07) is 18.9. The van der Waals surface area contributed by atoms with E-state index in [9.17, 15) is 14.4 Å². The lowest BCUT2D eigenvalue weighted by Crippen LogP contribution is -2.31. The van der Waals surface area contributed by atoms with Gasteiger partial charge in [0.05, 0.1) is 18.1 Å². The summed E-state index contributed by atoms with van der Waals surface area (Å²) in [4.78, 5) is 41.0. The third kappa shape index (κ3) is 5.14. The average molecular weight is 463 g/mol. The minimum absolute atomic E-state index is 0.0660. The molecular weight excluding hydrogens is 436 g/mol. The topological polar surface area (TPSA) is 75.7 Å². The summed E-state index contributed by atoms with van der Waals surface area (Å²) in [6.07, 6.45) is 0.578. The van der Waals surface area contributed by atoms with Crippen molar-refractivity contribution in [3.05, 3.63) is 77.4 Å². The number of hydrogen-bond acceptors (Lipinski definition) is 5. The molecule has 3 aromatic rings. The van der Waals surface area contributed by atoms with Crippen LogP contribution >= 0.6 is 11.3 Å². The van der Waals surface area contributed by atoms with Gasteiger partial charge in [0.15, 0.2) is 0 Å². The molecule has 0 radical (unpaired) electrons. The van der Waals surface area contributed by atoms with Gasteiger partial charge in [0.25, 0.3) is 5.91 Å². The second-order valence-electron chi connectivity index (χ2n) is 8.04. The standard InChI is InChI=1S/C26H26N2O4S/c1-3-32-26(31)21-15-22(18-9-5-4-6-10-18)33-24(21)27-23(29)20-12-13-28(16-20)25(30)19-11-7-8-17(2)14-19/h4-11,14-15,20H,3,12-13,16H2,1-2H3,(H,27,29). The van der Waals surface area contributed by atoms with Crippen molar-refractivity contribution in [1.82, 2.24) is 4.90 Å². The molecule has 1 atom stereocenters. The number of rotatable bonds is 6. The maximum Gasteiger partial charge on any atom is 0.341 e. The number of hydrogen-bond donors (Lipinski definition) is 1. The highest BCUT2D eigenvalue weighted by atomic mass is 32.1. The molecule has 2 amide bonds. The number of carbonyl (C=O) groups excluding carboxylic acids is 3. The molecule has 170 valence electrons. The summed E-state index contributed by atoms with van der Waals surface area (Å²) in [5.41, 5.74) is 2.96. The van der Waals surface area contributed by atoms with Crippen LogP contribution in [0.4, 0.5) is 5.00 Å². The lowest BCUT2D eigenvalue weighted by molar-refractivity contribution is -0.119. The zero-order chi connectivity index (χ0) is 23.4. The van der Waals surface area contributed by atoms with Crippen LogP contribution in [0.2, 0.25) is 0 Å². The van der Waals surface area contributed by atoms with Crippen LogP contribution in [0.25, 0.3) is 10.4 Å². The summed E-state index contributed by atoms with van der Waals surface area (Å²) in [6.45, 7) is 4.82. The first-order valence-electron chi connectivity index (χ1n) is 11.0. The lowest BCUT2D eigenvalue weighted by Gasteiger charge is -2.17. The lowest BCUT2D eigenvalue weighted by atomic mass is 10.1.